The van der Waals surface area contributed by atoms with Crippen LogP contribution in [0.5, 0.6) is 0 Å². The number of carbonyl (C=O) groups excluding carboxylic acids is 2. The van der Waals surface area contributed by atoms with Gasteiger partial charge >= 0.3 is 0 Å². The molecule has 1 aromatic heterocycles. The van der Waals surface area contributed by atoms with Gasteiger partial charge in [-0.05, 0) is 18.1 Å². The zero-order chi connectivity index (χ0) is 20.7. The lowest BCUT2D eigenvalue weighted by Gasteiger charge is -2.08. The summed E-state index contributed by atoms with van der Waals surface area (Å²) in [6.07, 6.45) is 0. The first-order chi connectivity index (χ1) is 13.3. The fraction of sp³-hybridized carbons (Fsp3) is 0.375. The van der Waals surface area contributed by atoms with Crippen molar-refractivity contribution in [2.45, 2.75) is 18.2 Å². The molecule has 2 rings (SSSR count). The lowest BCUT2D eigenvalue weighted by atomic mass is 10.2. The number of nitrogens with one attached hydrogen (secondary N) is 3. The maximum absolute atomic E-state index is 13.5. The van der Waals surface area contributed by atoms with Crippen molar-refractivity contribution < 1.29 is 22.8 Å². The first-order valence-corrected chi connectivity index (χ1v) is 9.96. The molecule has 7 nitrogen and oxygen atoms in total. The highest BCUT2D eigenvalue weighted by atomic mass is 32.2. The molecule has 0 spiro atoms. The second-order valence-electron chi connectivity index (χ2n) is 5.98. The number of anilines is 2. The third kappa shape index (κ3) is 6.68. The van der Waals surface area contributed by atoms with E-state index in [1.807, 2.05) is 0 Å². The Morgan fingerprint density at radius 1 is 1.14 bits per heavy atom. The molecule has 152 valence electrons. The summed E-state index contributed by atoms with van der Waals surface area (Å²) in [6.45, 7) is 4.43. The normalized spacial score (nSPS) is 10.8. The fourth-order valence-corrected chi connectivity index (χ4v) is 3.39. The van der Waals surface area contributed by atoms with E-state index in [0.717, 1.165) is 24.4 Å². The summed E-state index contributed by atoms with van der Waals surface area (Å²) >= 11 is 2.46. The van der Waals surface area contributed by atoms with E-state index in [1.165, 1.54) is 11.3 Å². The molecule has 0 aliphatic rings. The Morgan fingerprint density at radius 2 is 1.89 bits per heavy atom. The number of hydrogen-bond acceptors (Lipinski definition) is 7. The van der Waals surface area contributed by atoms with Crippen LogP contribution in [0.1, 0.15) is 13.8 Å². The highest BCUT2D eigenvalue weighted by Crippen LogP contribution is 2.25. The van der Waals surface area contributed by atoms with E-state index in [9.17, 15) is 22.8 Å². The van der Waals surface area contributed by atoms with Gasteiger partial charge in [0.05, 0.1) is 18.0 Å². The molecule has 0 saturated carbocycles. The van der Waals surface area contributed by atoms with Crippen LogP contribution in [0.3, 0.4) is 0 Å². The van der Waals surface area contributed by atoms with Crippen molar-refractivity contribution in [2.24, 2.45) is 5.92 Å². The van der Waals surface area contributed by atoms with Crippen molar-refractivity contribution >= 4 is 45.7 Å². The maximum Gasteiger partial charge on any atom is 0.243 e. The summed E-state index contributed by atoms with van der Waals surface area (Å²) in [5, 5.41) is 16.1. The van der Waals surface area contributed by atoms with Gasteiger partial charge in [0.15, 0.2) is 21.8 Å². The van der Waals surface area contributed by atoms with Crippen LogP contribution in [-0.2, 0) is 9.59 Å². The Morgan fingerprint density at radius 3 is 2.61 bits per heavy atom. The first kappa shape index (κ1) is 22.0. The Bertz CT molecular complexity index is 848. The average Bonchev–Trinajstić information content (AvgIpc) is 3.11. The van der Waals surface area contributed by atoms with Crippen molar-refractivity contribution in [3.8, 4) is 0 Å². The SMILES string of the molecule is CC(C)CNc1nnc(SCC(=O)NCC(=O)Nc2ccc(F)c(F)c2F)s1. The monoisotopic (exact) mass is 433 g/mol. The summed E-state index contributed by atoms with van der Waals surface area (Å²) in [6, 6.07) is 1.58. The van der Waals surface area contributed by atoms with E-state index in [0.29, 0.717) is 21.5 Å². The number of nitrogens with zero attached hydrogens (tertiary/aromatic N) is 2. The summed E-state index contributed by atoms with van der Waals surface area (Å²) in [5.41, 5.74) is -0.511. The smallest absolute Gasteiger partial charge is 0.243 e. The van der Waals surface area contributed by atoms with Crippen LogP contribution in [0.2, 0.25) is 0 Å². The predicted molar refractivity (Wildman–Crippen MR) is 102 cm³/mol. The highest BCUT2D eigenvalue weighted by Gasteiger charge is 2.16. The zero-order valence-corrected chi connectivity index (χ0v) is 16.6. The minimum absolute atomic E-state index is 0.00559. The quantitative estimate of drug-likeness (QED) is 0.416. The van der Waals surface area contributed by atoms with Gasteiger partial charge in [0.25, 0.3) is 0 Å². The predicted octanol–water partition coefficient (Wildman–Crippen LogP) is 2.87. The van der Waals surface area contributed by atoms with Gasteiger partial charge in [-0.1, -0.05) is 36.9 Å². The molecule has 0 aliphatic heterocycles. The number of benzene rings is 1. The number of aromatic nitrogens is 2. The van der Waals surface area contributed by atoms with Crippen molar-refractivity contribution in [2.75, 3.05) is 29.5 Å². The van der Waals surface area contributed by atoms with Crippen LogP contribution in [0, 0.1) is 23.4 Å². The topological polar surface area (TPSA) is 96.0 Å². The summed E-state index contributed by atoms with van der Waals surface area (Å²) in [7, 11) is 0. The standard InChI is InChI=1S/C16H18F3N5O2S2/c1-8(2)5-21-15-23-24-16(28-15)27-7-12(26)20-6-11(25)22-10-4-3-9(17)13(18)14(10)19/h3-4,8H,5-7H2,1-2H3,(H,20,26)(H,21,23)(H,22,25). The van der Waals surface area contributed by atoms with Crippen LogP contribution < -0.4 is 16.0 Å². The van der Waals surface area contributed by atoms with Gasteiger partial charge in [-0.25, -0.2) is 13.2 Å². The Balaban J connectivity index is 1.73. The Hall–Kier alpha value is -2.34. The molecule has 2 aromatic rings. The van der Waals surface area contributed by atoms with E-state index < -0.39 is 41.5 Å². The highest BCUT2D eigenvalue weighted by molar-refractivity contribution is 8.01. The van der Waals surface area contributed by atoms with E-state index in [1.54, 1.807) is 0 Å². The van der Waals surface area contributed by atoms with E-state index in [-0.39, 0.29) is 5.75 Å². The van der Waals surface area contributed by atoms with E-state index in [2.05, 4.69) is 40.0 Å². The molecule has 1 heterocycles. The largest absolute Gasteiger partial charge is 0.360 e. The summed E-state index contributed by atoms with van der Waals surface area (Å²) < 4.78 is 40.1. The molecule has 0 radical (unpaired) electrons. The molecular weight excluding hydrogens is 415 g/mol. The number of carbonyl (C=O) groups is 2. The van der Waals surface area contributed by atoms with Crippen molar-refractivity contribution in [1.82, 2.24) is 15.5 Å². The van der Waals surface area contributed by atoms with E-state index in [4.69, 9.17) is 0 Å². The minimum Gasteiger partial charge on any atom is -0.360 e. The molecule has 2 amide bonds. The van der Waals surface area contributed by atoms with Crippen LogP contribution in [-0.4, -0.2) is 40.9 Å². The van der Waals surface area contributed by atoms with E-state index >= 15 is 0 Å². The molecule has 28 heavy (non-hydrogen) atoms. The van der Waals surface area contributed by atoms with Gasteiger partial charge in [-0.2, -0.15) is 0 Å². The second kappa shape index (κ2) is 10.3. The van der Waals surface area contributed by atoms with Crippen molar-refractivity contribution in [3.63, 3.8) is 0 Å². The lowest BCUT2D eigenvalue weighted by Crippen LogP contribution is -2.34. The number of rotatable bonds is 9. The molecule has 0 fully saturated rings. The van der Waals surface area contributed by atoms with Crippen LogP contribution in [0.25, 0.3) is 0 Å². The molecular formula is C16H18F3N5O2S2. The maximum atomic E-state index is 13.5. The number of thioether (sulfide) groups is 1. The van der Waals surface area contributed by atoms with Gasteiger partial charge in [-0.15, -0.1) is 10.2 Å². The number of amides is 2. The second-order valence-corrected chi connectivity index (χ2v) is 8.18. The first-order valence-electron chi connectivity index (χ1n) is 8.16. The molecule has 0 saturated heterocycles. The van der Waals surface area contributed by atoms with Crippen molar-refractivity contribution in [3.05, 3.63) is 29.6 Å². The average molecular weight is 433 g/mol. The lowest BCUT2D eigenvalue weighted by molar-refractivity contribution is -0.122. The molecule has 0 aliphatic carbocycles. The molecule has 0 bridgehead atoms. The summed E-state index contributed by atoms with van der Waals surface area (Å²) in [4.78, 5) is 23.5. The van der Waals surface area contributed by atoms with Crippen molar-refractivity contribution in [1.29, 1.82) is 0 Å². The molecule has 12 heteroatoms. The third-order valence-corrected chi connectivity index (χ3v) is 5.16. The Kier molecular flexibility index (Phi) is 8.05. The molecule has 1 aromatic carbocycles. The fourth-order valence-electron chi connectivity index (χ4n) is 1.80. The van der Waals surface area contributed by atoms with Crippen LogP contribution in [0.15, 0.2) is 16.5 Å². The van der Waals surface area contributed by atoms with Gasteiger partial charge in [0, 0.05) is 6.54 Å². The van der Waals surface area contributed by atoms with Gasteiger partial charge < -0.3 is 16.0 Å². The molecule has 0 atom stereocenters. The van der Waals surface area contributed by atoms with Crippen LogP contribution >= 0.6 is 23.1 Å². The van der Waals surface area contributed by atoms with Crippen LogP contribution in [0.4, 0.5) is 24.0 Å². The summed E-state index contributed by atoms with van der Waals surface area (Å²) in [5.74, 6) is -5.31. The third-order valence-electron chi connectivity index (χ3n) is 3.15. The van der Waals surface area contributed by atoms with Gasteiger partial charge in [0.1, 0.15) is 0 Å². The van der Waals surface area contributed by atoms with Gasteiger partial charge in [0.2, 0.25) is 16.9 Å². The number of hydrogen-bond donors (Lipinski definition) is 3. The number of halogens is 3. The molecule has 0 unspecified atom stereocenters. The molecule has 3 N–H and O–H groups in total. The zero-order valence-electron chi connectivity index (χ0n) is 15.0. The van der Waals surface area contributed by atoms with Gasteiger partial charge in [-0.3, -0.25) is 9.59 Å². The Labute approximate surface area is 167 Å². The minimum atomic E-state index is -1.68.